The number of fused-ring (bicyclic) bond motifs is 1. The second-order valence-electron chi connectivity index (χ2n) is 7.16. The molecule has 0 bridgehead atoms. The van der Waals surface area contributed by atoms with E-state index in [9.17, 15) is 9.59 Å². The van der Waals surface area contributed by atoms with Gasteiger partial charge in [0.2, 0.25) is 5.91 Å². The fraction of sp³-hybridized carbons (Fsp3) is 0.318. The van der Waals surface area contributed by atoms with Gasteiger partial charge in [-0.15, -0.1) is 0 Å². The van der Waals surface area contributed by atoms with Gasteiger partial charge in [0.15, 0.2) is 0 Å². The van der Waals surface area contributed by atoms with Crippen LogP contribution >= 0.6 is 0 Å². The highest BCUT2D eigenvalue weighted by atomic mass is 16.5. The first-order chi connectivity index (χ1) is 13.9. The number of aryl methyl sites for hydroxylation is 2. The van der Waals surface area contributed by atoms with Gasteiger partial charge in [0.1, 0.15) is 5.82 Å². The fourth-order valence-corrected chi connectivity index (χ4v) is 3.31. The van der Waals surface area contributed by atoms with Crippen molar-refractivity contribution in [3.05, 3.63) is 69.8 Å². The molecule has 3 aromatic rings. The van der Waals surface area contributed by atoms with E-state index in [2.05, 4.69) is 21.4 Å². The van der Waals surface area contributed by atoms with Gasteiger partial charge in [-0.1, -0.05) is 18.2 Å². The maximum absolute atomic E-state index is 12.6. The third kappa shape index (κ3) is 5.73. The summed E-state index contributed by atoms with van der Waals surface area (Å²) >= 11 is 0. The molecular formula is C22H26N4O3. The molecule has 2 N–H and O–H groups in total. The number of para-hydroxylation sites is 1. The summed E-state index contributed by atoms with van der Waals surface area (Å²) in [6, 6.07) is 13.1. The first-order valence-electron chi connectivity index (χ1n) is 9.52. The number of ether oxygens (including phenoxy) is 1. The van der Waals surface area contributed by atoms with Crippen LogP contribution in [-0.4, -0.2) is 47.6 Å². The van der Waals surface area contributed by atoms with Crippen molar-refractivity contribution < 1.29 is 9.53 Å². The zero-order chi connectivity index (χ0) is 20.8. The van der Waals surface area contributed by atoms with Gasteiger partial charge < -0.3 is 15.0 Å². The highest BCUT2D eigenvalue weighted by Crippen LogP contribution is 2.14. The molecule has 2 aromatic carbocycles. The van der Waals surface area contributed by atoms with Gasteiger partial charge in [-0.3, -0.25) is 14.5 Å². The lowest BCUT2D eigenvalue weighted by Crippen LogP contribution is -2.36. The molecule has 0 unspecified atom stereocenters. The lowest BCUT2D eigenvalue weighted by Gasteiger charge is -2.21. The van der Waals surface area contributed by atoms with E-state index in [1.807, 2.05) is 36.9 Å². The minimum Gasteiger partial charge on any atom is -0.383 e. The Kier molecular flexibility index (Phi) is 6.74. The third-order valence-corrected chi connectivity index (χ3v) is 4.52. The first kappa shape index (κ1) is 20.7. The number of carbonyl (C=O) groups is 1. The second kappa shape index (κ2) is 9.45. The number of aromatic nitrogens is 2. The average molecular weight is 394 g/mol. The summed E-state index contributed by atoms with van der Waals surface area (Å²) in [6.07, 6.45) is 0. The summed E-state index contributed by atoms with van der Waals surface area (Å²) in [4.78, 5) is 34.1. The number of hydrogen-bond donors (Lipinski definition) is 2. The molecule has 1 heterocycles. The summed E-state index contributed by atoms with van der Waals surface area (Å²) in [6.45, 7) is 5.49. The Hall–Kier alpha value is -3.03. The number of rotatable bonds is 8. The molecule has 1 amide bonds. The van der Waals surface area contributed by atoms with Crippen molar-refractivity contribution in [1.82, 2.24) is 14.9 Å². The molecule has 0 radical (unpaired) electrons. The number of nitrogens with zero attached hydrogens (tertiary/aromatic N) is 2. The van der Waals surface area contributed by atoms with Crippen LogP contribution in [0.5, 0.6) is 0 Å². The van der Waals surface area contributed by atoms with E-state index >= 15 is 0 Å². The summed E-state index contributed by atoms with van der Waals surface area (Å²) in [5.74, 6) is 0.387. The summed E-state index contributed by atoms with van der Waals surface area (Å²) < 4.78 is 5.17. The normalized spacial score (nSPS) is 11.2. The predicted molar refractivity (Wildman–Crippen MR) is 114 cm³/mol. The molecule has 0 atom stereocenters. The average Bonchev–Trinajstić information content (AvgIpc) is 2.65. The van der Waals surface area contributed by atoms with Gasteiger partial charge in [-0.25, -0.2) is 4.98 Å². The minimum absolute atomic E-state index is 0.130. The number of methoxy groups -OCH3 is 1. The van der Waals surface area contributed by atoms with Crippen molar-refractivity contribution in [1.29, 1.82) is 0 Å². The molecule has 0 aliphatic heterocycles. The molecule has 152 valence electrons. The minimum atomic E-state index is -0.183. The topological polar surface area (TPSA) is 87.3 Å². The molecule has 0 spiro atoms. The van der Waals surface area contributed by atoms with Crippen LogP contribution < -0.4 is 10.9 Å². The number of amides is 1. The summed E-state index contributed by atoms with van der Waals surface area (Å²) in [5.41, 5.74) is 3.41. The van der Waals surface area contributed by atoms with E-state index in [4.69, 9.17) is 4.74 Å². The van der Waals surface area contributed by atoms with Crippen LogP contribution in [0.4, 0.5) is 5.69 Å². The second-order valence-corrected chi connectivity index (χ2v) is 7.16. The molecular weight excluding hydrogens is 368 g/mol. The lowest BCUT2D eigenvalue weighted by molar-refractivity contribution is -0.117. The smallest absolute Gasteiger partial charge is 0.258 e. The van der Waals surface area contributed by atoms with Crippen molar-refractivity contribution >= 4 is 22.5 Å². The molecule has 0 fully saturated rings. The molecule has 7 heteroatoms. The third-order valence-electron chi connectivity index (χ3n) is 4.52. The molecule has 29 heavy (non-hydrogen) atoms. The largest absolute Gasteiger partial charge is 0.383 e. The number of hydrogen-bond acceptors (Lipinski definition) is 5. The van der Waals surface area contributed by atoms with Crippen LogP contribution in [0.15, 0.2) is 47.3 Å². The molecule has 1 aromatic heterocycles. The zero-order valence-electron chi connectivity index (χ0n) is 17.0. The van der Waals surface area contributed by atoms with Crippen LogP contribution in [0.3, 0.4) is 0 Å². The summed E-state index contributed by atoms with van der Waals surface area (Å²) in [5, 5.41) is 3.49. The van der Waals surface area contributed by atoms with Crippen molar-refractivity contribution in [3.8, 4) is 0 Å². The number of anilines is 1. The van der Waals surface area contributed by atoms with E-state index < -0.39 is 0 Å². The number of benzene rings is 2. The highest BCUT2D eigenvalue weighted by molar-refractivity contribution is 5.92. The van der Waals surface area contributed by atoms with Crippen molar-refractivity contribution in [2.75, 3.05) is 32.1 Å². The van der Waals surface area contributed by atoms with Gasteiger partial charge >= 0.3 is 0 Å². The van der Waals surface area contributed by atoms with E-state index in [0.29, 0.717) is 36.4 Å². The van der Waals surface area contributed by atoms with E-state index in [-0.39, 0.29) is 18.0 Å². The fourth-order valence-electron chi connectivity index (χ4n) is 3.31. The van der Waals surface area contributed by atoms with E-state index in [1.54, 1.807) is 25.3 Å². The zero-order valence-corrected chi connectivity index (χ0v) is 17.0. The number of nitrogens with one attached hydrogen (secondary N) is 2. The predicted octanol–water partition coefficient (Wildman–Crippen LogP) is 2.63. The molecule has 0 aliphatic carbocycles. The molecule has 0 saturated carbocycles. The number of aromatic amines is 1. The Morgan fingerprint density at radius 1 is 1.17 bits per heavy atom. The Bertz CT molecular complexity index is 1040. The van der Waals surface area contributed by atoms with Gasteiger partial charge in [0.05, 0.1) is 30.6 Å². The van der Waals surface area contributed by atoms with Gasteiger partial charge in [-0.05, 0) is 49.2 Å². The van der Waals surface area contributed by atoms with Gasteiger partial charge in [0, 0.05) is 19.3 Å². The Labute approximate surface area is 169 Å². The first-order valence-corrected chi connectivity index (χ1v) is 9.52. The van der Waals surface area contributed by atoms with Crippen molar-refractivity contribution in [2.24, 2.45) is 0 Å². The van der Waals surface area contributed by atoms with Crippen LogP contribution in [0.1, 0.15) is 17.0 Å². The SMILES string of the molecule is COCCN(CC(=O)Nc1cc(C)cc(C)c1)Cc1nc2ccccc2c(=O)[nH]1. The number of H-pyrrole nitrogens is 1. The maximum atomic E-state index is 12.6. The standard InChI is InChI=1S/C22H26N4O3/c1-15-10-16(2)12-17(11-15)23-21(27)14-26(8-9-29-3)13-20-24-19-7-5-4-6-18(19)22(28)25-20/h4-7,10-12H,8-9,13-14H2,1-3H3,(H,23,27)(H,24,25,28). The van der Waals surface area contributed by atoms with Gasteiger partial charge in [0.25, 0.3) is 5.56 Å². The van der Waals surface area contributed by atoms with Crippen LogP contribution in [-0.2, 0) is 16.1 Å². The highest BCUT2D eigenvalue weighted by Gasteiger charge is 2.14. The summed E-state index contributed by atoms with van der Waals surface area (Å²) in [7, 11) is 1.62. The Morgan fingerprint density at radius 3 is 2.62 bits per heavy atom. The van der Waals surface area contributed by atoms with Crippen molar-refractivity contribution in [2.45, 2.75) is 20.4 Å². The maximum Gasteiger partial charge on any atom is 0.258 e. The van der Waals surface area contributed by atoms with Gasteiger partial charge in [-0.2, -0.15) is 0 Å². The Balaban J connectivity index is 1.73. The van der Waals surface area contributed by atoms with E-state index in [0.717, 1.165) is 16.8 Å². The van der Waals surface area contributed by atoms with Crippen LogP contribution in [0.25, 0.3) is 10.9 Å². The van der Waals surface area contributed by atoms with Crippen LogP contribution in [0, 0.1) is 13.8 Å². The van der Waals surface area contributed by atoms with E-state index in [1.165, 1.54) is 0 Å². The van der Waals surface area contributed by atoms with Crippen LogP contribution in [0.2, 0.25) is 0 Å². The molecule has 0 saturated heterocycles. The van der Waals surface area contributed by atoms with Crippen molar-refractivity contribution in [3.63, 3.8) is 0 Å². The molecule has 0 aliphatic rings. The Morgan fingerprint density at radius 2 is 1.90 bits per heavy atom. The number of carbonyl (C=O) groups excluding carboxylic acids is 1. The monoisotopic (exact) mass is 394 g/mol. The quantitative estimate of drug-likeness (QED) is 0.613. The molecule has 3 rings (SSSR count). The molecule has 7 nitrogen and oxygen atoms in total. The lowest BCUT2D eigenvalue weighted by atomic mass is 10.1.